The van der Waals surface area contributed by atoms with Crippen LogP contribution < -0.4 is 10.2 Å². The van der Waals surface area contributed by atoms with Gasteiger partial charge in [0.05, 0.1) is 11.3 Å². The summed E-state index contributed by atoms with van der Waals surface area (Å²) >= 11 is 4.75. The highest BCUT2D eigenvalue weighted by molar-refractivity contribution is 9.10. The number of carbonyl (C=O) groups is 2. The molecular formula is C17H13BrFN5O2S. The summed E-state index contributed by atoms with van der Waals surface area (Å²) in [7, 11) is 0. The van der Waals surface area contributed by atoms with Gasteiger partial charge in [0.15, 0.2) is 5.82 Å². The van der Waals surface area contributed by atoms with Crippen molar-refractivity contribution in [3.8, 4) is 11.4 Å². The molecule has 0 saturated heterocycles. The summed E-state index contributed by atoms with van der Waals surface area (Å²) in [6, 6.07) is 4.31. The second-order valence-corrected chi connectivity index (χ2v) is 7.66. The van der Waals surface area contributed by atoms with Gasteiger partial charge in [-0.1, -0.05) is 6.07 Å². The standard InChI is InChI=1S/C17H13BrFN5O2S/c18-11-7-27-17(15(11)16-20-8-21-23-16)22-13(25)6-24-12-5-10(19)3-1-9(12)2-4-14(24)26/h1,3,5,7-8H,2,4,6H2,(H,22,25)(H,20,21,23). The van der Waals surface area contributed by atoms with E-state index in [1.54, 1.807) is 6.07 Å². The number of anilines is 2. The normalized spacial score (nSPS) is 13.6. The van der Waals surface area contributed by atoms with Crippen molar-refractivity contribution in [2.24, 2.45) is 0 Å². The fraction of sp³-hybridized carbons (Fsp3) is 0.176. The predicted octanol–water partition coefficient (Wildman–Crippen LogP) is 3.35. The van der Waals surface area contributed by atoms with Gasteiger partial charge in [-0.25, -0.2) is 9.37 Å². The maximum Gasteiger partial charge on any atom is 0.245 e. The Hall–Kier alpha value is -2.59. The van der Waals surface area contributed by atoms with Crippen LogP contribution in [0.5, 0.6) is 0 Å². The summed E-state index contributed by atoms with van der Waals surface area (Å²) in [6.45, 7) is -0.194. The molecule has 3 aromatic rings. The van der Waals surface area contributed by atoms with Crippen LogP contribution in [0.15, 0.2) is 34.4 Å². The molecule has 0 radical (unpaired) electrons. The van der Waals surface area contributed by atoms with Crippen molar-refractivity contribution in [1.29, 1.82) is 0 Å². The number of H-pyrrole nitrogens is 1. The quantitative estimate of drug-likeness (QED) is 0.638. The Morgan fingerprint density at radius 1 is 1.41 bits per heavy atom. The number of aryl methyl sites for hydroxylation is 1. The Morgan fingerprint density at radius 3 is 3.04 bits per heavy atom. The Labute approximate surface area is 165 Å². The molecule has 1 aromatic carbocycles. The SMILES string of the molecule is O=C(CN1C(=O)CCc2ccc(F)cc21)Nc1scc(Br)c1-c1ncn[nH]1. The number of amides is 2. The van der Waals surface area contributed by atoms with Gasteiger partial charge in [-0.15, -0.1) is 11.3 Å². The van der Waals surface area contributed by atoms with E-state index in [9.17, 15) is 14.0 Å². The summed E-state index contributed by atoms with van der Waals surface area (Å²) in [4.78, 5) is 30.3. The van der Waals surface area contributed by atoms with Crippen LogP contribution in [0, 0.1) is 5.82 Å². The second-order valence-electron chi connectivity index (χ2n) is 5.92. The summed E-state index contributed by atoms with van der Waals surface area (Å²) in [5.74, 6) is -0.509. The molecular weight excluding hydrogens is 437 g/mol. The number of rotatable bonds is 4. The molecule has 0 aliphatic carbocycles. The molecule has 0 atom stereocenters. The van der Waals surface area contributed by atoms with Crippen LogP contribution in [0.1, 0.15) is 12.0 Å². The number of hydrogen-bond donors (Lipinski definition) is 2. The molecule has 4 rings (SSSR count). The van der Waals surface area contributed by atoms with Gasteiger partial charge in [-0.2, -0.15) is 5.10 Å². The minimum absolute atomic E-state index is 0.194. The van der Waals surface area contributed by atoms with E-state index >= 15 is 0 Å². The van der Waals surface area contributed by atoms with E-state index in [-0.39, 0.29) is 18.4 Å². The fourth-order valence-electron chi connectivity index (χ4n) is 2.97. The maximum atomic E-state index is 13.6. The molecule has 1 aliphatic rings. The molecule has 1 aliphatic heterocycles. The third-order valence-corrected chi connectivity index (χ3v) is 6.02. The largest absolute Gasteiger partial charge is 0.315 e. The smallest absolute Gasteiger partial charge is 0.245 e. The first-order valence-corrected chi connectivity index (χ1v) is 9.71. The first-order valence-electron chi connectivity index (χ1n) is 8.04. The van der Waals surface area contributed by atoms with Crippen LogP contribution in [-0.2, 0) is 16.0 Å². The monoisotopic (exact) mass is 449 g/mol. The first-order chi connectivity index (χ1) is 13.0. The lowest BCUT2D eigenvalue weighted by atomic mass is 10.0. The number of aromatic nitrogens is 3. The third-order valence-electron chi connectivity index (χ3n) is 4.20. The second kappa shape index (κ2) is 7.20. The number of fused-ring (bicyclic) bond motifs is 1. The Morgan fingerprint density at radius 2 is 2.26 bits per heavy atom. The number of benzene rings is 1. The van der Waals surface area contributed by atoms with Gasteiger partial charge in [0.1, 0.15) is 23.7 Å². The van der Waals surface area contributed by atoms with Crippen LogP contribution >= 0.6 is 27.3 Å². The maximum absolute atomic E-state index is 13.6. The number of nitrogens with zero attached hydrogens (tertiary/aromatic N) is 3. The number of halogens is 2. The average Bonchev–Trinajstić information content (AvgIpc) is 3.27. The molecule has 7 nitrogen and oxygen atoms in total. The van der Waals surface area contributed by atoms with Crippen LogP contribution in [-0.4, -0.2) is 33.5 Å². The van der Waals surface area contributed by atoms with Crippen molar-refractivity contribution in [2.75, 3.05) is 16.8 Å². The Balaban J connectivity index is 1.56. The highest BCUT2D eigenvalue weighted by atomic mass is 79.9. The average molecular weight is 450 g/mol. The van der Waals surface area contributed by atoms with Gasteiger partial charge in [-0.3, -0.25) is 14.7 Å². The molecule has 0 bridgehead atoms. The number of carbonyl (C=O) groups excluding carboxylic acids is 2. The lowest BCUT2D eigenvalue weighted by Crippen LogP contribution is -2.40. The topological polar surface area (TPSA) is 91.0 Å². The minimum Gasteiger partial charge on any atom is -0.315 e. The van der Waals surface area contributed by atoms with Crippen molar-refractivity contribution < 1.29 is 14.0 Å². The first kappa shape index (κ1) is 17.8. The molecule has 10 heteroatoms. The van der Waals surface area contributed by atoms with E-state index in [2.05, 4.69) is 36.4 Å². The van der Waals surface area contributed by atoms with Gasteiger partial charge >= 0.3 is 0 Å². The summed E-state index contributed by atoms with van der Waals surface area (Å²) < 4.78 is 14.4. The van der Waals surface area contributed by atoms with Gasteiger partial charge < -0.3 is 10.2 Å². The molecule has 2 aromatic heterocycles. The van der Waals surface area contributed by atoms with Crippen molar-refractivity contribution in [1.82, 2.24) is 15.2 Å². The van der Waals surface area contributed by atoms with Crippen LogP contribution in [0.4, 0.5) is 15.1 Å². The van der Waals surface area contributed by atoms with Gasteiger partial charge in [0.2, 0.25) is 11.8 Å². The molecule has 2 N–H and O–H groups in total. The number of hydrogen-bond acceptors (Lipinski definition) is 5. The number of aromatic amines is 1. The molecule has 0 spiro atoms. The zero-order valence-corrected chi connectivity index (χ0v) is 16.2. The molecule has 0 saturated carbocycles. The van der Waals surface area contributed by atoms with Crippen molar-refractivity contribution >= 4 is 49.8 Å². The van der Waals surface area contributed by atoms with E-state index in [1.807, 2.05) is 5.38 Å². The summed E-state index contributed by atoms with van der Waals surface area (Å²) in [6.07, 6.45) is 2.21. The molecule has 27 heavy (non-hydrogen) atoms. The highest BCUT2D eigenvalue weighted by Crippen LogP contribution is 2.38. The highest BCUT2D eigenvalue weighted by Gasteiger charge is 2.27. The van der Waals surface area contributed by atoms with E-state index in [0.717, 1.165) is 10.0 Å². The third kappa shape index (κ3) is 3.50. The number of nitrogens with one attached hydrogen (secondary N) is 2. The Bertz CT molecular complexity index is 1020. The van der Waals surface area contributed by atoms with E-state index in [1.165, 1.54) is 34.7 Å². The summed E-state index contributed by atoms with van der Waals surface area (Å²) in [5.41, 5.74) is 1.98. The van der Waals surface area contributed by atoms with E-state index in [0.29, 0.717) is 34.9 Å². The van der Waals surface area contributed by atoms with Crippen molar-refractivity contribution in [3.63, 3.8) is 0 Å². The molecule has 0 unspecified atom stereocenters. The van der Waals surface area contributed by atoms with Gasteiger partial charge in [0.25, 0.3) is 0 Å². The van der Waals surface area contributed by atoms with Crippen molar-refractivity contribution in [3.05, 3.63) is 45.8 Å². The molecule has 2 amide bonds. The van der Waals surface area contributed by atoms with Crippen LogP contribution in [0.2, 0.25) is 0 Å². The van der Waals surface area contributed by atoms with Crippen LogP contribution in [0.25, 0.3) is 11.4 Å². The fourth-order valence-corrected chi connectivity index (χ4v) is 4.60. The number of thiophene rings is 1. The zero-order valence-electron chi connectivity index (χ0n) is 13.8. The lowest BCUT2D eigenvalue weighted by Gasteiger charge is -2.28. The van der Waals surface area contributed by atoms with Crippen molar-refractivity contribution in [2.45, 2.75) is 12.8 Å². The van der Waals surface area contributed by atoms with Gasteiger partial charge in [-0.05, 0) is 40.0 Å². The minimum atomic E-state index is -0.441. The lowest BCUT2D eigenvalue weighted by molar-refractivity contribution is -0.121. The Kier molecular flexibility index (Phi) is 4.75. The molecule has 0 fully saturated rings. The molecule has 3 heterocycles. The van der Waals surface area contributed by atoms with Crippen LogP contribution in [0.3, 0.4) is 0 Å². The van der Waals surface area contributed by atoms with E-state index in [4.69, 9.17) is 0 Å². The van der Waals surface area contributed by atoms with Gasteiger partial charge in [0, 0.05) is 16.3 Å². The summed E-state index contributed by atoms with van der Waals surface area (Å²) in [5, 5.41) is 11.8. The predicted molar refractivity (Wildman–Crippen MR) is 103 cm³/mol. The van der Waals surface area contributed by atoms with E-state index < -0.39 is 5.82 Å². The zero-order chi connectivity index (χ0) is 19.0. The molecule has 138 valence electrons.